The molecule has 5 nitrogen and oxygen atoms in total. The fourth-order valence-corrected chi connectivity index (χ4v) is 3.38. The molecule has 1 aliphatic rings. The van der Waals surface area contributed by atoms with E-state index in [1.807, 2.05) is 26.0 Å². The van der Waals surface area contributed by atoms with E-state index in [0.29, 0.717) is 12.2 Å². The van der Waals surface area contributed by atoms with Gasteiger partial charge in [-0.3, -0.25) is 14.4 Å². The van der Waals surface area contributed by atoms with Crippen LogP contribution in [0.25, 0.3) is 0 Å². The first-order valence-corrected chi connectivity index (χ1v) is 8.87. The van der Waals surface area contributed by atoms with Gasteiger partial charge in [0.1, 0.15) is 11.5 Å². The van der Waals surface area contributed by atoms with E-state index in [1.54, 1.807) is 16.9 Å². The van der Waals surface area contributed by atoms with Crippen LogP contribution in [0.5, 0.6) is 0 Å². The molecule has 1 saturated heterocycles. The topological polar surface area (TPSA) is 50.2 Å². The molecule has 2 aromatic rings. The van der Waals surface area contributed by atoms with Gasteiger partial charge in [0.25, 0.3) is 5.91 Å². The van der Waals surface area contributed by atoms with Gasteiger partial charge in [-0.1, -0.05) is 12.1 Å². The van der Waals surface area contributed by atoms with Gasteiger partial charge in [-0.15, -0.1) is 0 Å². The summed E-state index contributed by atoms with van der Waals surface area (Å²) >= 11 is 0. The second-order valence-electron chi connectivity index (χ2n) is 6.78. The summed E-state index contributed by atoms with van der Waals surface area (Å²) in [5.41, 5.74) is 1.59. The van der Waals surface area contributed by atoms with E-state index in [1.165, 1.54) is 12.1 Å². The monoisotopic (exact) mass is 344 g/mol. The third-order valence-corrected chi connectivity index (χ3v) is 4.68. The zero-order valence-corrected chi connectivity index (χ0v) is 14.8. The second kappa shape index (κ2) is 7.78. The quantitative estimate of drug-likeness (QED) is 0.876. The predicted molar refractivity (Wildman–Crippen MR) is 94.9 cm³/mol. The predicted octanol–water partition coefficient (Wildman–Crippen LogP) is 3.17. The number of likely N-dealkylation sites (tertiary alicyclic amines) is 1. The average Bonchev–Trinajstić information content (AvgIpc) is 3.28. The Morgan fingerprint density at radius 3 is 2.52 bits per heavy atom. The summed E-state index contributed by atoms with van der Waals surface area (Å²) < 4.78 is 15.0. The molecule has 0 radical (unpaired) electrons. The first kappa shape index (κ1) is 17.6. The minimum absolute atomic E-state index is 0.0578. The van der Waals surface area contributed by atoms with Gasteiger partial charge in [0.15, 0.2) is 0 Å². The molecule has 1 N–H and O–H groups in total. The van der Waals surface area contributed by atoms with Crippen molar-refractivity contribution in [1.29, 1.82) is 0 Å². The molecule has 1 unspecified atom stereocenters. The van der Waals surface area contributed by atoms with Crippen molar-refractivity contribution in [2.24, 2.45) is 0 Å². The summed E-state index contributed by atoms with van der Waals surface area (Å²) in [6, 6.07) is 8.50. The number of hydrogen-bond donors (Lipinski definition) is 1. The van der Waals surface area contributed by atoms with Crippen molar-refractivity contribution in [3.8, 4) is 0 Å². The van der Waals surface area contributed by atoms with Gasteiger partial charge in [0.05, 0.1) is 6.04 Å². The molecule has 1 aromatic carbocycles. The Hall–Kier alpha value is -2.21. The minimum atomic E-state index is -0.242. The molecule has 1 amide bonds. The maximum atomic E-state index is 13.3. The number of benzene rings is 1. The van der Waals surface area contributed by atoms with Gasteiger partial charge in [-0.2, -0.15) is 5.10 Å². The van der Waals surface area contributed by atoms with Crippen LogP contribution in [-0.2, 0) is 0 Å². The Balaban J connectivity index is 1.73. The van der Waals surface area contributed by atoms with Crippen molar-refractivity contribution in [3.05, 3.63) is 53.6 Å². The van der Waals surface area contributed by atoms with E-state index in [0.717, 1.165) is 31.5 Å². The van der Waals surface area contributed by atoms with Gasteiger partial charge in [0, 0.05) is 18.8 Å². The van der Waals surface area contributed by atoms with Crippen LogP contribution in [-0.4, -0.2) is 40.2 Å². The summed E-state index contributed by atoms with van der Waals surface area (Å²) in [6.45, 7) is 6.49. The fourth-order valence-electron chi connectivity index (χ4n) is 3.38. The number of carbonyl (C=O) groups is 1. The number of aromatic nitrogens is 2. The van der Waals surface area contributed by atoms with E-state index < -0.39 is 0 Å². The lowest BCUT2D eigenvalue weighted by molar-refractivity contribution is 0.0925. The zero-order valence-electron chi connectivity index (χ0n) is 14.8. The van der Waals surface area contributed by atoms with Crippen LogP contribution in [0.3, 0.4) is 0 Å². The van der Waals surface area contributed by atoms with E-state index in [2.05, 4.69) is 15.3 Å². The number of carbonyl (C=O) groups excluding carboxylic acids is 1. The van der Waals surface area contributed by atoms with E-state index in [-0.39, 0.29) is 23.8 Å². The molecule has 0 saturated carbocycles. The summed E-state index contributed by atoms with van der Waals surface area (Å²) in [5.74, 6) is -0.369. The average molecular weight is 344 g/mol. The standard InChI is InChI=1S/C19H25FN4O/c1-14(2)24-17(9-10-22-24)19(25)21-13-18(23-11-3-4-12-23)15-5-7-16(20)8-6-15/h5-10,14,18H,3-4,11-13H2,1-2H3,(H,21,25). The molecule has 2 heterocycles. The van der Waals surface area contributed by atoms with Gasteiger partial charge in [-0.05, 0) is 63.5 Å². The highest BCUT2D eigenvalue weighted by atomic mass is 19.1. The van der Waals surface area contributed by atoms with E-state index >= 15 is 0 Å². The SMILES string of the molecule is CC(C)n1nccc1C(=O)NCC(c1ccc(F)cc1)N1CCCC1. The zero-order chi connectivity index (χ0) is 17.8. The molecule has 1 fully saturated rings. The number of rotatable bonds is 6. The van der Waals surface area contributed by atoms with Crippen molar-refractivity contribution in [2.45, 2.75) is 38.8 Å². The molecule has 0 aliphatic carbocycles. The summed E-state index contributed by atoms with van der Waals surface area (Å²) in [4.78, 5) is 14.9. The molecule has 1 aromatic heterocycles. The third-order valence-electron chi connectivity index (χ3n) is 4.68. The molecule has 134 valence electrons. The number of amides is 1. The molecular weight excluding hydrogens is 319 g/mol. The first-order chi connectivity index (χ1) is 12.1. The number of hydrogen-bond acceptors (Lipinski definition) is 3. The first-order valence-electron chi connectivity index (χ1n) is 8.87. The maximum absolute atomic E-state index is 13.3. The molecule has 0 spiro atoms. The van der Waals surface area contributed by atoms with Gasteiger partial charge in [-0.25, -0.2) is 4.39 Å². The van der Waals surface area contributed by atoms with Crippen molar-refractivity contribution in [1.82, 2.24) is 20.0 Å². The Morgan fingerprint density at radius 1 is 1.20 bits per heavy atom. The van der Waals surface area contributed by atoms with Crippen molar-refractivity contribution in [3.63, 3.8) is 0 Å². The highest BCUT2D eigenvalue weighted by molar-refractivity contribution is 5.92. The molecule has 25 heavy (non-hydrogen) atoms. The highest BCUT2D eigenvalue weighted by Crippen LogP contribution is 2.25. The molecule has 3 rings (SSSR count). The van der Waals surface area contributed by atoms with E-state index in [9.17, 15) is 9.18 Å². The van der Waals surface area contributed by atoms with Crippen LogP contribution in [0, 0.1) is 5.82 Å². The lowest BCUT2D eigenvalue weighted by Crippen LogP contribution is -2.37. The van der Waals surface area contributed by atoms with Crippen LogP contribution in [0.1, 0.15) is 54.8 Å². The number of nitrogens with zero attached hydrogens (tertiary/aromatic N) is 3. The lowest BCUT2D eigenvalue weighted by atomic mass is 10.1. The van der Waals surface area contributed by atoms with Crippen LogP contribution in [0.2, 0.25) is 0 Å². The Morgan fingerprint density at radius 2 is 1.88 bits per heavy atom. The Labute approximate surface area is 147 Å². The van der Waals surface area contributed by atoms with Gasteiger partial charge >= 0.3 is 0 Å². The summed E-state index contributed by atoms with van der Waals surface area (Å²) in [6.07, 6.45) is 3.96. The van der Waals surface area contributed by atoms with Crippen molar-refractivity contribution >= 4 is 5.91 Å². The normalized spacial score (nSPS) is 16.3. The third kappa shape index (κ3) is 4.07. The summed E-state index contributed by atoms with van der Waals surface area (Å²) in [5, 5.41) is 7.25. The minimum Gasteiger partial charge on any atom is -0.349 e. The smallest absolute Gasteiger partial charge is 0.269 e. The number of nitrogens with one attached hydrogen (secondary N) is 1. The molecule has 6 heteroatoms. The highest BCUT2D eigenvalue weighted by Gasteiger charge is 2.24. The lowest BCUT2D eigenvalue weighted by Gasteiger charge is -2.28. The van der Waals surface area contributed by atoms with Crippen LogP contribution < -0.4 is 5.32 Å². The van der Waals surface area contributed by atoms with Gasteiger partial charge < -0.3 is 5.32 Å². The number of halogens is 1. The Bertz CT molecular complexity index is 704. The van der Waals surface area contributed by atoms with Crippen molar-refractivity contribution in [2.75, 3.05) is 19.6 Å². The largest absolute Gasteiger partial charge is 0.349 e. The van der Waals surface area contributed by atoms with Gasteiger partial charge in [0.2, 0.25) is 0 Å². The molecular formula is C19H25FN4O. The molecule has 1 atom stereocenters. The van der Waals surface area contributed by atoms with E-state index in [4.69, 9.17) is 0 Å². The summed E-state index contributed by atoms with van der Waals surface area (Å²) in [7, 11) is 0. The van der Waals surface area contributed by atoms with Crippen LogP contribution in [0.4, 0.5) is 4.39 Å². The van der Waals surface area contributed by atoms with Crippen molar-refractivity contribution < 1.29 is 9.18 Å². The molecule has 1 aliphatic heterocycles. The molecule has 0 bridgehead atoms. The maximum Gasteiger partial charge on any atom is 0.269 e. The van der Waals surface area contributed by atoms with Crippen LogP contribution in [0.15, 0.2) is 36.5 Å². The second-order valence-corrected chi connectivity index (χ2v) is 6.78. The fraction of sp³-hybridized carbons (Fsp3) is 0.474. The Kier molecular flexibility index (Phi) is 5.48. The van der Waals surface area contributed by atoms with Crippen LogP contribution >= 0.6 is 0 Å².